The molecule has 31 heavy (non-hydrogen) atoms. The van der Waals surface area contributed by atoms with E-state index < -0.39 is 29.1 Å². The number of alkyl halides is 2. The first kappa shape index (κ1) is 23.1. The second kappa shape index (κ2) is 8.51. The van der Waals surface area contributed by atoms with Crippen LogP contribution < -0.4 is 10.6 Å². The van der Waals surface area contributed by atoms with Crippen LogP contribution in [0, 0.1) is 17.2 Å². The number of nitrogens with one attached hydrogen (secondary N) is 2. The number of halogens is 3. The summed E-state index contributed by atoms with van der Waals surface area (Å²) in [5.74, 6) is -4.08. The third-order valence-corrected chi connectivity index (χ3v) is 5.85. The van der Waals surface area contributed by atoms with Crippen LogP contribution in [0.15, 0.2) is 18.2 Å². The lowest BCUT2D eigenvalue weighted by Crippen LogP contribution is -2.53. The summed E-state index contributed by atoms with van der Waals surface area (Å²) < 4.78 is 42.5. The predicted molar refractivity (Wildman–Crippen MR) is 111 cm³/mol. The predicted octanol–water partition coefficient (Wildman–Crippen LogP) is 3.89. The van der Waals surface area contributed by atoms with Crippen LogP contribution in [0.3, 0.4) is 0 Å². The van der Waals surface area contributed by atoms with Gasteiger partial charge in [-0.2, -0.15) is 5.10 Å². The molecule has 3 rings (SSSR count). The molecule has 0 saturated heterocycles. The molecule has 0 bridgehead atoms. The summed E-state index contributed by atoms with van der Waals surface area (Å²) in [7, 11) is 1.49. The monoisotopic (exact) mass is 438 g/mol. The summed E-state index contributed by atoms with van der Waals surface area (Å²) in [6, 6.07) is 3.22. The highest BCUT2D eigenvalue weighted by molar-refractivity contribution is 6.06. The number of aromatic nitrogens is 2. The number of fused-ring (bicyclic) bond motifs is 1. The van der Waals surface area contributed by atoms with Crippen LogP contribution in [0.2, 0.25) is 0 Å². The highest BCUT2D eigenvalue weighted by Gasteiger charge is 2.36. The third kappa shape index (κ3) is 5.19. The number of benzene rings is 1. The Kier molecular flexibility index (Phi) is 6.34. The van der Waals surface area contributed by atoms with Gasteiger partial charge in [-0.05, 0) is 42.4 Å². The number of amides is 2. The van der Waals surface area contributed by atoms with E-state index in [1.165, 1.54) is 25.2 Å². The minimum Gasteiger partial charge on any atom is -0.357 e. The number of hydrogen-bond donors (Lipinski definition) is 2. The molecule has 0 spiro atoms. The molecular formula is C22H29F3N4O2. The minimum atomic E-state index is -2.63. The molecule has 1 fully saturated rings. The van der Waals surface area contributed by atoms with Gasteiger partial charge in [0.2, 0.25) is 11.8 Å². The van der Waals surface area contributed by atoms with E-state index in [9.17, 15) is 22.8 Å². The fourth-order valence-electron chi connectivity index (χ4n) is 4.00. The van der Waals surface area contributed by atoms with Gasteiger partial charge in [0, 0.05) is 31.8 Å². The van der Waals surface area contributed by atoms with Gasteiger partial charge in [0.1, 0.15) is 11.9 Å². The van der Waals surface area contributed by atoms with Crippen LogP contribution in [0.1, 0.15) is 56.9 Å². The van der Waals surface area contributed by atoms with Crippen molar-refractivity contribution in [2.45, 2.75) is 65.0 Å². The van der Waals surface area contributed by atoms with E-state index in [1.807, 2.05) is 20.8 Å². The molecule has 0 radical (unpaired) electrons. The fraction of sp³-hybridized carbons (Fsp3) is 0.591. The number of carbonyl (C=O) groups excluding carboxylic acids is 2. The summed E-state index contributed by atoms with van der Waals surface area (Å²) in [6.45, 7) is 5.83. The van der Waals surface area contributed by atoms with E-state index in [-0.39, 0.29) is 30.4 Å². The Bertz CT molecular complexity index is 971. The standard InChI is InChI=1S/C22H29F3N4O2/c1-21(2,3)18(20(31)26-4)27-19(30)17-15-11-14(23)5-6-16(15)29(28-17)12-13-7-9-22(24,25)10-8-13/h5-6,11,13,18H,7-10,12H2,1-4H3,(H,26,31)(H,27,30). The molecule has 1 heterocycles. The normalized spacial score (nSPS) is 18.0. The van der Waals surface area contributed by atoms with Crippen LogP contribution in [-0.4, -0.2) is 40.6 Å². The average molecular weight is 438 g/mol. The second-order valence-electron chi connectivity index (χ2n) is 9.38. The molecule has 9 heteroatoms. The molecule has 1 aromatic heterocycles. The van der Waals surface area contributed by atoms with E-state index in [0.29, 0.717) is 30.3 Å². The number of rotatable bonds is 5. The Hall–Kier alpha value is -2.58. The molecule has 2 amide bonds. The van der Waals surface area contributed by atoms with Gasteiger partial charge in [0.25, 0.3) is 5.91 Å². The zero-order valence-electron chi connectivity index (χ0n) is 18.3. The van der Waals surface area contributed by atoms with E-state index in [0.717, 1.165) is 0 Å². The second-order valence-corrected chi connectivity index (χ2v) is 9.38. The van der Waals surface area contributed by atoms with Crippen molar-refractivity contribution in [2.75, 3.05) is 7.05 Å². The topological polar surface area (TPSA) is 76.0 Å². The van der Waals surface area contributed by atoms with Crippen molar-refractivity contribution < 1.29 is 22.8 Å². The lowest BCUT2D eigenvalue weighted by atomic mass is 9.86. The number of likely N-dealkylation sites (N-methyl/N-ethyl adjacent to an activating group) is 1. The highest BCUT2D eigenvalue weighted by Crippen LogP contribution is 2.37. The van der Waals surface area contributed by atoms with Gasteiger partial charge < -0.3 is 10.6 Å². The van der Waals surface area contributed by atoms with Crippen LogP contribution in [0.25, 0.3) is 10.9 Å². The molecule has 1 aromatic carbocycles. The van der Waals surface area contributed by atoms with Crippen molar-refractivity contribution in [3.05, 3.63) is 29.7 Å². The van der Waals surface area contributed by atoms with Gasteiger partial charge in [-0.25, -0.2) is 13.2 Å². The summed E-state index contributed by atoms with van der Waals surface area (Å²) >= 11 is 0. The Morgan fingerprint density at radius 1 is 1.26 bits per heavy atom. The maximum atomic E-state index is 14.0. The quantitative estimate of drug-likeness (QED) is 0.744. The first-order valence-electron chi connectivity index (χ1n) is 10.5. The van der Waals surface area contributed by atoms with Gasteiger partial charge in [0.05, 0.1) is 5.52 Å². The maximum absolute atomic E-state index is 14.0. The zero-order valence-corrected chi connectivity index (χ0v) is 18.3. The lowest BCUT2D eigenvalue weighted by Gasteiger charge is -2.29. The lowest BCUT2D eigenvalue weighted by molar-refractivity contribution is -0.124. The Labute approximate surface area is 179 Å². The molecule has 2 aromatic rings. The van der Waals surface area contributed by atoms with Crippen molar-refractivity contribution in [3.8, 4) is 0 Å². The third-order valence-electron chi connectivity index (χ3n) is 5.85. The fourth-order valence-corrected chi connectivity index (χ4v) is 4.00. The van der Waals surface area contributed by atoms with Crippen LogP contribution in [0.5, 0.6) is 0 Å². The summed E-state index contributed by atoms with van der Waals surface area (Å²) in [4.78, 5) is 25.3. The molecule has 1 atom stereocenters. The van der Waals surface area contributed by atoms with Crippen LogP contribution in [-0.2, 0) is 11.3 Å². The van der Waals surface area contributed by atoms with Crippen molar-refractivity contribution >= 4 is 22.7 Å². The highest BCUT2D eigenvalue weighted by atomic mass is 19.3. The molecular weight excluding hydrogens is 409 g/mol. The Morgan fingerprint density at radius 3 is 2.48 bits per heavy atom. The smallest absolute Gasteiger partial charge is 0.273 e. The Morgan fingerprint density at radius 2 is 1.90 bits per heavy atom. The summed E-state index contributed by atoms with van der Waals surface area (Å²) in [6.07, 6.45) is 0.385. The van der Waals surface area contributed by atoms with Crippen molar-refractivity contribution in [3.63, 3.8) is 0 Å². The zero-order chi connectivity index (χ0) is 23.0. The summed E-state index contributed by atoms with van der Waals surface area (Å²) in [5.41, 5.74) is -0.00268. The van der Waals surface area contributed by atoms with Crippen molar-refractivity contribution in [2.24, 2.45) is 11.3 Å². The van der Waals surface area contributed by atoms with E-state index >= 15 is 0 Å². The molecule has 1 aliphatic rings. The first-order valence-corrected chi connectivity index (χ1v) is 10.5. The average Bonchev–Trinajstić information content (AvgIpc) is 3.03. The van der Waals surface area contributed by atoms with Gasteiger partial charge in [-0.1, -0.05) is 20.8 Å². The molecule has 1 unspecified atom stereocenters. The van der Waals surface area contributed by atoms with Gasteiger partial charge in [0.15, 0.2) is 5.69 Å². The van der Waals surface area contributed by atoms with Gasteiger partial charge in [-0.15, -0.1) is 0 Å². The number of carbonyl (C=O) groups is 2. The summed E-state index contributed by atoms with van der Waals surface area (Å²) in [5, 5.41) is 9.98. The van der Waals surface area contributed by atoms with Crippen LogP contribution >= 0.6 is 0 Å². The maximum Gasteiger partial charge on any atom is 0.273 e. The largest absolute Gasteiger partial charge is 0.357 e. The molecule has 1 saturated carbocycles. The van der Waals surface area contributed by atoms with Gasteiger partial charge >= 0.3 is 0 Å². The molecule has 0 aliphatic heterocycles. The Balaban J connectivity index is 1.91. The number of hydrogen-bond acceptors (Lipinski definition) is 3. The van der Waals surface area contributed by atoms with Crippen molar-refractivity contribution in [1.29, 1.82) is 0 Å². The van der Waals surface area contributed by atoms with E-state index in [4.69, 9.17) is 0 Å². The van der Waals surface area contributed by atoms with E-state index in [2.05, 4.69) is 15.7 Å². The van der Waals surface area contributed by atoms with Crippen molar-refractivity contribution in [1.82, 2.24) is 20.4 Å². The SMILES string of the molecule is CNC(=O)C(NC(=O)c1nn(CC2CCC(F)(F)CC2)c2ccc(F)cc12)C(C)(C)C. The molecule has 2 N–H and O–H groups in total. The molecule has 1 aliphatic carbocycles. The molecule has 170 valence electrons. The number of nitrogens with zero attached hydrogens (tertiary/aromatic N) is 2. The minimum absolute atomic E-state index is 0.00289. The molecule has 6 nitrogen and oxygen atoms in total. The van der Waals surface area contributed by atoms with Gasteiger partial charge in [-0.3, -0.25) is 14.3 Å². The first-order chi connectivity index (χ1) is 14.4. The van der Waals surface area contributed by atoms with E-state index in [1.54, 1.807) is 4.68 Å². The van der Waals surface area contributed by atoms with Crippen LogP contribution in [0.4, 0.5) is 13.2 Å².